The number of amides is 1. The van der Waals surface area contributed by atoms with Crippen molar-refractivity contribution in [2.45, 2.75) is 26.4 Å². The molecule has 100 valence electrons. The number of carbonyl (C=O) groups excluding carboxylic acids is 1. The number of benzene rings is 1. The Hall–Kier alpha value is -1.62. The first-order valence-electron chi connectivity index (χ1n) is 5.91. The van der Waals surface area contributed by atoms with E-state index in [0.717, 1.165) is 0 Å². The molecule has 4 nitrogen and oxygen atoms in total. The van der Waals surface area contributed by atoms with Crippen LogP contribution in [0.2, 0.25) is 0 Å². The highest BCUT2D eigenvalue weighted by atomic mass is 19.1. The lowest BCUT2D eigenvalue weighted by Crippen LogP contribution is -2.24. The van der Waals surface area contributed by atoms with Crippen LogP contribution in [0.25, 0.3) is 0 Å². The molecule has 0 saturated heterocycles. The molecule has 0 saturated carbocycles. The van der Waals surface area contributed by atoms with Gasteiger partial charge >= 0.3 is 0 Å². The zero-order valence-electron chi connectivity index (χ0n) is 10.6. The molecule has 0 aromatic heterocycles. The van der Waals surface area contributed by atoms with E-state index in [2.05, 4.69) is 5.32 Å². The summed E-state index contributed by atoms with van der Waals surface area (Å²) in [7, 11) is 0. The van der Waals surface area contributed by atoms with Gasteiger partial charge in [0, 0.05) is 6.54 Å². The van der Waals surface area contributed by atoms with Crippen LogP contribution in [-0.4, -0.2) is 24.2 Å². The van der Waals surface area contributed by atoms with Crippen molar-refractivity contribution >= 4 is 5.91 Å². The minimum Gasteiger partial charge on any atom is -0.490 e. The normalized spacial score (nSPS) is 12.0. The molecule has 0 aliphatic heterocycles. The fourth-order valence-corrected chi connectivity index (χ4v) is 1.43. The third-order valence-electron chi connectivity index (χ3n) is 2.40. The van der Waals surface area contributed by atoms with Crippen LogP contribution >= 0.6 is 0 Å². The van der Waals surface area contributed by atoms with Gasteiger partial charge in [0.2, 0.25) is 5.91 Å². The number of hydrogen-bond donors (Lipinski definition) is 2. The third kappa shape index (κ3) is 4.33. The highest BCUT2D eigenvalue weighted by Gasteiger charge is 2.08. The van der Waals surface area contributed by atoms with E-state index in [9.17, 15) is 14.3 Å². The molecule has 0 fully saturated rings. The Labute approximate surface area is 106 Å². The summed E-state index contributed by atoms with van der Waals surface area (Å²) in [5.41, 5.74) is 0.489. The lowest BCUT2D eigenvalue weighted by Gasteiger charge is -2.10. The first-order chi connectivity index (χ1) is 8.54. The van der Waals surface area contributed by atoms with Gasteiger partial charge in [0.25, 0.3) is 0 Å². The van der Waals surface area contributed by atoms with Crippen molar-refractivity contribution < 1.29 is 19.0 Å². The SMILES string of the molecule is CCNC(=O)CCOc1ccc([C@H](C)O)cc1F. The number of carbonyl (C=O) groups is 1. The number of halogens is 1. The van der Waals surface area contributed by atoms with Crippen molar-refractivity contribution in [2.75, 3.05) is 13.2 Å². The van der Waals surface area contributed by atoms with Crippen LogP contribution in [0.4, 0.5) is 4.39 Å². The van der Waals surface area contributed by atoms with E-state index < -0.39 is 11.9 Å². The first kappa shape index (κ1) is 14.4. The molecule has 0 unspecified atom stereocenters. The smallest absolute Gasteiger partial charge is 0.223 e. The molecule has 5 heteroatoms. The lowest BCUT2D eigenvalue weighted by atomic mass is 10.1. The number of nitrogens with one attached hydrogen (secondary N) is 1. The van der Waals surface area contributed by atoms with Gasteiger partial charge in [-0.25, -0.2) is 4.39 Å². The molecule has 1 rings (SSSR count). The molecule has 1 amide bonds. The van der Waals surface area contributed by atoms with Gasteiger partial charge in [-0.1, -0.05) is 6.07 Å². The van der Waals surface area contributed by atoms with E-state index in [0.29, 0.717) is 12.1 Å². The summed E-state index contributed by atoms with van der Waals surface area (Å²) in [6.07, 6.45) is -0.533. The number of aliphatic hydroxyl groups is 1. The van der Waals surface area contributed by atoms with Crippen molar-refractivity contribution in [3.8, 4) is 5.75 Å². The van der Waals surface area contributed by atoms with Crippen LogP contribution in [0.15, 0.2) is 18.2 Å². The van der Waals surface area contributed by atoms with E-state index in [1.54, 1.807) is 13.0 Å². The average Bonchev–Trinajstić information content (AvgIpc) is 2.31. The number of ether oxygens (including phenoxy) is 1. The zero-order chi connectivity index (χ0) is 13.5. The molecule has 1 atom stereocenters. The van der Waals surface area contributed by atoms with Crippen molar-refractivity contribution in [3.05, 3.63) is 29.6 Å². The molecule has 1 aromatic carbocycles. The highest BCUT2D eigenvalue weighted by Crippen LogP contribution is 2.21. The molecule has 0 aliphatic carbocycles. The molecule has 0 aliphatic rings. The van der Waals surface area contributed by atoms with E-state index in [-0.39, 0.29) is 24.7 Å². The predicted octanol–water partition coefficient (Wildman–Crippen LogP) is 1.78. The summed E-state index contributed by atoms with van der Waals surface area (Å²) in [6.45, 7) is 4.07. The Bertz CT molecular complexity index is 407. The summed E-state index contributed by atoms with van der Waals surface area (Å²) >= 11 is 0. The maximum atomic E-state index is 13.5. The second-order valence-corrected chi connectivity index (χ2v) is 3.92. The topological polar surface area (TPSA) is 58.6 Å². The molecule has 0 spiro atoms. The Kier molecular flexibility index (Phi) is 5.58. The first-order valence-corrected chi connectivity index (χ1v) is 5.91. The maximum absolute atomic E-state index is 13.5. The summed E-state index contributed by atoms with van der Waals surface area (Å²) < 4.78 is 18.7. The van der Waals surface area contributed by atoms with Crippen LogP contribution in [0.1, 0.15) is 31.9 Å². The summed E-state index contributed by atoms with van der Waals surface area (Å²) in [5.74, 6) is -0.577. The van der Waals surface area contributed by atoms with E-state index in [4.69, 9.17) is 4.74 Å². The summed E-state index contributed by atoms with van der Waals surface area (Å²) in [6, 6.07) is 4.27. The molecule has 1 aromatic rings. The number of aliphatic hydroxyl groups excluding tert-OH is 1. The van der Waals surface area contributed by atoms with Gasteiger partial charge in [-0.05, 0) is 31.5 Å². The van der Waals surface area contributed by atoms with Gasteiger partial charge in [-0.15, -0.1) is 0 Å². The monoisotopic (exact) mass is 255 g/mol. The Morgan fingerprint density at radius 1 is 1.56 bits per heavy atom. The van der Waals surface area contributed by atoms with Crippen molar-refractivity contribution in [1.82, 2.24) is 5.32 Å². The van der Waals surface area contributed by atoms with Crippen molar-refractivity contribution in [1.29, 1.82) is 0 Å². The van der Waals surface area contributed by atoms with Gasteiger partial charge in [0.05, 0.1) is 19.1 Å². The molecule has 2 N–H and O–H groups in total. The molecular formula is C13H18FNO3. The van der Waals surface area contributed by atoms with Crippen LogP contribution in [0.3, 0.4) is 0 Å². The van der Waals surface area contributed by atoms with E-state index >= 15 is 0 Å². The number of rotatable bonds is 6. The quantitative estimate of drug-likeness (QED) is 0.814. The average molecular weight is 255 g/mol. The lowest BCUT2D eigenvalue weighted by molar-refractivity contribution is -0.121. The van der Waals surface area contributed by atoms with Gasteiger partial charge < -0.3 is 15.2 Å². The van der Waals surface area contributed by atoms with Gasteiger partial charge in [0.15, 0.2) is 11.6 Å². The van der Waals surface area contributed by atoms with E-state index in [1.165, 1.54) is 12.1 Å². The fraction of sp³-hybridized carbons (Fsp3) is 0.462. The molecule has 0 heterocycles. The molecule has 18 heavy (non-hydrogen) atoms. The second-order valence-electron chi connectivity index (χ2n) is 3.92. The van der Waals surface area contributed by atoms with Crippen LogP contribution in [0.5, 0.6) is 5.75 Å². The Morgan fingerprint density at radius 3 is 2.83 bits per heavy atom. The van der Waals surface area contributed by atoms with Crippen molar-refractivity contribution in [2.24, 2.45) is 0 Å². The van der Waals surface area contributed by atoms with Crippen molar-refractivity contribution in [3.63, 3.8) is 0 Å². The van der Waals surface area contributed by atoms with Gasteiger partial charge in [0.1, 0.15) is 0 Å². The highest BCUT2D eigenvalue weighted by molar-refractivity contribution is 5.75. The Balaban J connectivity index is 2.50. The Morgan fingerprint density at radius 2 is 2.28 bits per heavy atom. The summed E-state index contributed by atoms with van der Waals surface area (Å²) in [4.78, 5) is 11.1. The van der Waals surface area contributed by atoms with Crippen LogP contribution < -0.4 is 10.1 Å². The molecule has 0 bridgehead atoms. The van der Waals surface area contributed by atoms with Crippen LogP contribution in [0, 0.1) is 5.82 Å². The minimum atomic E-state index is -0.719. The molecular weight excluding hydrogens is 237 g/mol. The summed E-state index contributed by atoms with van der Waals surface area (Å²) in [5, 5.41) is 11.9. The van der Waals surface area contributed by atoms with Gasteiger partial charge in [-0.3, -0.25) is 4.79 Å². The standard InChI is InChI=1S/C13H18FNO3/c1-3-15-13(17)6-7-18-12-5-4-10(9(2)16)8-11(12)14/h4-5,8-9,16H,3,6-7H2,1-2H3,(H,15,17)/t9-/m0/s1. The second kappa shape index (κ2) is 6.96. The molecule has 0 radical (unpaired) electrons. The predicted molar refractivity (Wildman–Crippen MR) is 65.8 cm³/mol. The third-order valence-corrected chi connectivity index (χ3v) is 2.40. The zero-order valence-corrected chi connectivity index (χ0v) is 10.6. The number of hydrogen-bond acceptors (Lipinski definition) is 3. The van der Waals surface area contributed by atoms with Crippen LogP contribution in [-0.2, 0) is 4.79 Å². The van der Waals surface area contributed by atoms with E-state index in [1.807, 2.05) is 6.92 Å². The largest absolute Gasteiger partial charge is 0.490 e. The minimum absolute atomic E-state index is 0.0868. The fourth-order valence-electron chi connectivity index (χ4n) is 1.43. The maximum Gasteiger partial charge on any atom is 0.223 e. The van der Waals surface area contributed by atoms with Gasteiger partial charge in [-0.2, -0.15) is 0 Å².